The van der Waals surface area contributed by atoms with Gasteiger partial charge in [0.1, 0.15) is 12.4 Å². The maximum atomic E-state index is 13.4. The van der Waals surface area contributed by atoms with Crippen LogP contribution in [-0.4, -0.2) is 18.2 Å². The summed E-state index contributed by atoms with van der Waals surface area (Å²) >= 11 is 4.82. The van der Waals surface area contributed by atoms with Crippen molar-refractivity contribution in [3.05, 3.63) is 92.5 Å². The number of carbonyl (C=O) groups excluding carboxylic acids is 1. The van der Waals surface area contributed by atoms with Gasteiger partial charge in [0.15, 0.2) is 16.7 Å². The van der Waals surface area contributed by atoms with Crippen LogP contribution in [0.2, 0.25) is 0 Å². The Kier molecular flexibility index (Phi) is 7.70. The molecule has 0 atom stereocenters. The topological polar surface area (TPSA) is 59.9 Å². The Balaban J connectivity index is 1.52. The average molecular weight is 541 g/mol. The molecule has 1 heterocycles. The summed E-state index contributed by atoms with van der Waals surface area (Å²) in [5, 5.41) is 3.33. The number of aliphatic imine (C=N–C) groups is 1. The first-order chi connectivity index (χ1) is 16.4. The highest BCUT2D eigenvalue weighted by atomic mass is 79.9. The first kappa shape index (κ1) is 24.0. The fraction of sp³-hybridized carbons (Fsp3) is 0.154. The molecule has 0 spiro atoms. The number of halogens is 2. The smallest absolute Gasteiger partial charge is 0.264 e. The molecule has 0 aromatic heterocycles. The number of hydrogen-bond acceptors (Lipinski definition) is 5. The minimum absolute atomic E-state index is 0.193. The van der Waals surface area contributed by atoms with E-state index in [-0.39, 0.29) is 18.3 Å². The molecule has 0 radical (unpaired) electrons. The summed E-state index contributed by atoms with van der Waals surface area (Å²) < 4.78 is 25.5. The van der Waals surface area contributed by atoms with E-state index in [0.717, 1.165) is 22.1 Å². The Morgan fingerprint density at radius 3 is 2.59 bits per heavy atom. The maximum Gasteiger partial charge on any atom is 0.264 e. The quantitative estimate of drug-likeness (QED) is 0.341. The van der Waals surface area contributed by atoms with E-state index in [2.05, 4.69) is 33.2 Å². The molecule has 8 heteroatoms. The van der Waals surface area contributed by atoms with Gasteiger partial charge in [-0.3, -0.25) is 4.79 Å². The summed E-state index contributed by atoms with van der Waals surface area (Å²) in [5.41, 5.74) is 3.47. The van der Waals surface area contributed by atoms with E-state index in [1.54, 1.807) is 37.5 Å². The summed E-state index contributed by atoms with van der Waals surface area (Å²) in [4.78, 5) is 17.6. The number of thioether (sulfide) groups is 1. The largest absolute Gasteiger partial charge is 0.493 e. The lowest BCUT2D eigenvalue weighted by atomic mass is 10.1. The summed E-state index contributed by atoms with van der Waals surface area (Å²) in [6.07, 6.45) is 2.73. The van der Waals surface area contributed by atoms with Gasteiger partial charge in [0, 0.05) is 4.47 Å². The Labute approximate surface area is 210 Å². The number of hydrogen-bond donors (Lipinski definition) is 1. The highest BCUT2D eigenvalue weighted by molar-refractivity contribution is 9.10. The number of amides is 1. The lowest BCUT2D eigenvalue weighted by molar-refractivity contribution is -0.115. The second-order valence-electron chi connectivity index (χ2n) is 7.44. The summed E-state index contributed by atoms with van der Waals surface area (Å²) in [6.45, 7) is 2.29. The monoisotopic (exact) mass is 540 g/mol. The SMILES string of the molecule is CCc1ccc(N=C2NC(=O)/C(=C/c3cc(OC)c(OCc4cccc(F)c4)cc3Br)S2)cc1. The molecule has 3 aromatic carbocycles. The first-order valence-corrected chi connectivity index (χ1v) is 12.2. The van der Waals surface area contributed by atoms with Crippen LogP contribution in [-0.2, 0) is 17.8 Å². The van der Waals surface area contributed by atoms with Crippen molar-refractivity contribution in [3.8, 4) is 11.5 Å². The molecule has 174 valence electrons. The van der Waals surface area contributed by atoms with Crippen molar-refractivity contribution >= 4 is 50.5 Å². The lowest BCUT2D eigenvalue weighted by Gasteiger charge is -2.13. The number of rotatable bonds is 7. The third kappa shape index (κ3) is 5.87. The number of methoxy groups -OCH3 is 1. The van der Waals surface area contributed by atoms with E-state index < -0.39 is 0 Å². The molecular weight excluding hydrogens is 519 g/mol. The minimum atomic E-state index is -0.315. The van der Waals surface area contributed by atoms with Crippen molar-refractivity contribution in [1.82, 2.24) is 5.32 Å². The van der Waals surface area contributed by atoms with Crippen LogP contribution in [0.25, 0.3) is 6.08 Å². The molecule has 1 fully saturated rings. The van der Waals surface area contributed by atoms with E-state index in [1.807, 2.05) is 24.3 Å². The van der Waals surface area contributed by atoms with Gasteiger partial charge in [-0.2, -0.15) is 0 Å². The Morgan fingerprint density at radius 1 is 1.09 bits per heavy atom. The van der Waals surface area contributed by atoms with Gasteiger partial charge in [0.05, 0.1) is 17.7 Å². The van der Waals surface area contributed by atoms with Gasteiger partial charge in [-0.1, -0.05) is 47.1 Å². The molecule has 0 saturated carbocycles. The Bertz CT molecular complexity index is 1280. The van der Waals surface area contributed by atoms with E-state index >= 15 is 0 Å². The van der Waals surface area contributed by atoms with Crippen LogP contribution in [0.15, 0.2) is 75.0 Å². The fourth-order valence-corrected chi connectivity index (χ4v) is 4.54. The van der Waals surface area contributed by atoms with Gasteiger partial charge < -0.3 is 14.8 Å². The van der Waals surface area contributed by atoms with Crippen LogP contribution in [0, 0.1) is 5.82 Å². The summed E-state index contributed by atoms with van der Waals surface area (Å²) in [5.74, 6) is 0.470. The minimum Gasteiger partial charge on any atom is -0.493 e. The van der Waals surface area contributed by atoms with Gasteiger partial charge in [0.25, 0.3) is 5.91 Å². The number of nitrogens with zero attached hydrogens (tertiary/aromatic N) is 1. The molecule has 0 bridgehead atoms. The van der Waals surface area contributed by atoms with Crippen LogP contribution in [0.1, 0.15) is 23.6 Å². The van der Waals surface area contributed by atoms with Crippen LogP contribution < -0.4 is 14.8 Å². The number of benzene rings is 3. The second-order valence-corrected chi connectivity index (χ2v) is 9.33. The lowest BCUT2D eigenvalue weighted by Crippen LogP contribution is -2.19. The third-order valence-electron chi connectivity index (χ3n) is 5.08. The first-order valence-electron chi connectivity index (χ1n) is 10.6. The predicted molar refractivity (Wildman–Crippen MR) is 138 cm³/mol. The van der Waals surface area contributed by atoms with Crippen LogP contribution in [0.3, 0.4) is 0 Å². The van der Waals surface area contributed by atoms with Crippen molar-refractivity contribution in [2.75, 3.05) is 7.11 Å². The number of amidine groups is 1. The number of ether oxygens (including phenoxy) is 2. The maximum absolute atomic E-state index is 13.4. The van der Waals surface area contributed by atoms with Crippen LogP contribution in [0.4, 0.5) is 10.1 Å². The van der Waals surface area contributed by atoms with E-state index in [0.29, 0.717) is 27.1 Å². The van der Waals surface area contributed by atoms with Gasteiger partial charge in [0.2, 0.25) is 0 Å². The predicted octanol–water partition coefficient (Wildman–Crippen LogP) is 6.63. The molecule has 1 saturated heterocycles. The second kappa shape index (κ2) is 10.9. The zero-order valence-electron chi connectivity index (χ0n) is 18.6. The molecule has 4 rings (SSSR count). The van der Waals surface area contributed by atoms with Gasteiger partial charge in [-0.25, -0.2) is 9.38 Å². The van der Waals surface area contributed by atoms with E-state index in [9.17, 15) is 9.18 Å². The van der Waals surface area contributed by atoms with Crippen molar-refractivity contribution < 1.29 is 18.7 Å². The highest BCUT2D eigenvalue weighted by Gasteiger charge is 2.24. The molecule has 34 heavy (non-hydrogen) atoms. The third-order valence-corrected chi connectivity index (χ3v) is 6.68. The number of carbonyl (C=O) groups is 1. The fourth-order valence-electron chi connectivity index (χ4n) is 3.27. The molecule has 3 aromatic rings. The molecule has 0 aliphatic carbocycles. The average Bonchev–Trinajstić information content (AvgIpc) is 3.18. The van der Waals surface area contributed by atoms with E-state index in [4.69, 9.17) is 9.47 Å². The van der Waals surface area contributed by atoms with Crippen molar-refractivity contribution in [2.24, 2.45) is 4.99 Å². The van der Waals surface area contributed by atoms with Gasteiger partial charge in [-0.15, -0.1) is 0 Å². The molecule has 1 N–H and O–H groups in total. The summed E-state index contributed by atoms with van der Waals surface area (Å²) in [6, 6.07) is 17.7. The zero-order chi connectivity index (χ0) is 24.1. The normalized spacial score (nSPS) is 15.6. The molecule has 1 amide bonds. The Morgan fingerprint density at radius 2 is 1.88 bits per heavy atom. The highest BCUT2D eigenvalue weighted by Crippen LogP contribution is 2.37. The molecule has 1 aliphatic rings. The molecule has 5 nitrogen and oxygen atoms in total. The number of aryl methyl sites for hydroxylation is 1. The Hall–Kier alpha value is -3.10. The zero-order valence-corrected chi connectivity index (χ0v) is 21.0. The van der Waals surface area contributed by atoms with Crippen LogP contribution >= 0.6 is 27.7 Å². The van der Waals surface area contributed by atoms with Crippen molar-refractivity contribution in [1.29, 1.82) is 0 Å². The van der Waals surface area contributed by atoms with Crippen molar-refractivity contribution in [2.45, 2.75) is 20.0 Å². The molecule has 0 unspecified atom stereocenters. The van der Waals surface area contributed by atoms with Crippen molar-refractivity contribution in [3.63, 3.8) is 0 Å². The van der Waals surface area contributed by atoms with Gasteiger partial charge in [-0.05, 0) is 77.3 Å². The molecule has 1 aliphatic heterocycles. The standard InChI is InChI=1S/C26H22BrFN2O3S/c1-3-16-7-9-20(10-8-16)29-26-30-25(31)24(34-26)13-18-12-22(32-2)23(14-21(18)27)33-15-17-5-4-6-19(28)11-17/h4-14H,3,15H2,1-2H3,(H,29,30,31)/b24-13-. The van der Waals surface area contributed by atoms with Crippen LogP contribution in [0.5, 0.6) is 11.5 Å². The molecular formula is C26H22BrFN2O3S. The van der Waals surface area contributed by atoms with Gasteiger partial charge >= 0.3 is 0 Å². The summed E-state index contributed by atoms with van der Waals surface area (Å²) in [7, 11) is 1.54. The number of nitrogens with one attached hydrogen (secondary N) is 1. The van der Waals surface area contributed by atoms with E-state index in [1.165, 1.54) is 29.5 Å².